The molecule has 0 spiro atoms. The van der Waals surface area contributed by atoms with E-state index in [9.17, 15) is 0 Å². The summed E-state index contributed by atoms with van der Waals surface area (Å²) in [6, 6.07) is 22.0. The van der Waals surface area contributed by atoms with Gasteiger partial charge < -0.3 is 10.3 Å². The number of H-pyrrole nitrogens is 1. The van der Waals surface area contributed by atoms with Crippen molar-refractivity contribution in [2.75, 3.05) is 6.54 Å². The summed E-state index contributed by atoms with van der Waals surface area (Å²) in [5.74, 6) is 1.01. The number of pyridine rings is 1. The Bertz CT molecular complexity index is 1160. The van der Waals surface area contributed by atoms with Crippen molar-refractivity contribution >= 4 is 11.0 Å². The summed E-state index contributed by atoms with van der Waals surface area (Å²) in [7, 11) is 0. The molecule has 0 bridgehead atoms. The molecule has 2 aromatic heterocycles. The van der Waals surface area contributed by atoms with Crippen LogP contribution < -0.4 is 5.32 Å². The Morgan fingerprint density at radius 1 is 1.00 bits per heavy atom. The first-order valence-corrected chi connectivity index (χ1v) is 12.7. The van der Waals surface area contributed by atoms with Crippen LogP contribution in [0.5, 0.6) is 0 Å². The van der Waals surface area contributed by atoms with Crippen molar-refractivity contribution in [3.63, 3.8) is 0 Å². The van der Waals surface area contributed by atoms with Crippen LogP contribution >= 0.6 is 0 Å². The molecule has 2 aromatic carbocycles. The minimum absolute atomic E-state index is 0.300. The van der Waals surface area contributed by atoms with Crippen molar-refractivity contribution < 1.29 is 0 Å². The first-order valence-electron chi connectivity index (χ1n) is 12.7. The van der Waals surface area contributed by atoms with E-state index in [2.05, 4.69) is 76.7 Å². The zero-order valence-electron chi connectivity index (χ0n) is 20.1. The molecule has 0 radical (unpaired) electrons. The number of rotatable bonds is 10. The fourth-order valence-corrected chi connectivity index (χ4v) is 5.02. The second kappa shape index (κ2) is 10.9. The van der Waals surface area contributed by atoms with Crippen molar-refractivity contribution in [2.24, 2.45) is 0 Å². The summed E-state index contributed by atoms with van der Waals surface area (Å²) < 4.78 is 0. The summed E-state index contributed by atoms with van der Waals surface area (Å²) in [5.41, 5.74) is 7.42. The van der Waals surface area contributed by atoms with Gasteiger partial charge in [0.25, 0.3) is 0 Å². The molecule has 5 rings (SSSR count). The lowest BCUT2D eigenvalue weighted by Crippen LogP contribution is -2.31. The highest BCUT2D eigenvalue weighted by atomic mass is 15.2. The summed E-state index contributed by atoms with van der Waals surface area (Å²) in [6.07, 6.45) is 7.85. The Balaban J connectivity index is 1.37. The van der Waals surface area contributed by atoms with Crippen molar-refractivity contribution in [3.05, 3.63) is 95.1 Å². The van der Waals surface area contributed by atoms with Crippen LogP contribution in [-0.4, -0.2) is 26.4 Å². The number of nitrogens with one attached hydrogen (secondary N) is 2. The number of unbranched alkanes of at least 4 members (excludes halogenated alkanes) is 1. The van der Waals surface area contributed by atoms with Gasteiger partial charge in [0, 0.05) is 19.3 Å². The second-order valence-electron chi connectivity index (χ2n) is 9.41. The molecule has 34 heavy (non-hydrogen) atoms. The summed E-state index contributed by atoms with van der Waals surface area (Å²) in [4.78, 5) is 15.8. The first-order chi connectivity index (χ1) is 16.8. The van der Waals surface area contributed by atoms with E-state index in [-0.39, 0.29) is 0 Å². The lowest BCUT2D eigenvalue weighted by Gasteiger charge is -2.34. The first kappa shape index (κ1) is 22.8. The molecule has 5 nitrogen and oxygen atoms in total. The number of hydrogen-bond donors (Lipinski definition) is 2. The average Bonchev–Trinajstić information content (AvgIpc) is 3.29. The topological polar surface area (TPSA) is 56.8 Å². The number of aromatic nitrogens is 3. The number of aryl methyl sites for hydroxylation is 1. The Morgan fingerprint density at radius 3 is 2.71 bits per heavy atom. The molecule has 1 aliphatic carbocycles. The maximum atomic E-state index is 4.88. The number of hydrogen-bond acceptors (Lipinski definition) is 4. The summed E-state index contributed by atoms with van der Waals surface area (Å²) in [5, 5.41) is 3.54. The molecule has 0 aliphatic heterocycles. The summed E-state index contributed by atoms with van der Waals surface area (Å²) in [6.45, 7) is 5.89. The fourth-order valence-electron chi connectivity index (χ4n) is 5.02. The van der Waals surface area contributed by atoms with Crippen molar-refractivity contribution in [3.8, 4) is 0 Å². The Morgan fingerprint density at radius 2 is 1.85 bits per heavy atom. The minimum Gasteiger partial charge on any atom is -0.341 e. The van der Waals surface area contributed by atoms with Crippen LogP contribution in [0.3, 0.4) is 0 Å². The van der Waals surface area contributed by atoms with E-state index < -0.39 is 0 Å². The number of fused-ring (bicyclic) bond motifs is 2. The predicted molar refractivity (Wildman–Crippen MR) is 138 cm³/mol. The SMILES string of the molecule is CCCCNCc1ccc(CN(Cc2nc3ccccc3[nH]2)C2CCCc3cccnc32)cc1. The van der Waals surface area contributed by atoms with Gasteiger partial charge in [-0.3, -0.25) is 9.88 Å². The molecular weight excluding hydrogens is 418 g/mol. The van der Waals surface area contributed by atoms with Crippen molar-refractivity contribution in [2.45, 2.75) is 64.7 Å². The van der Waals surface area contributed by atoms with Gasteiger partial charge in [-0.2, -0.15) is 0 Å². The Labute approximate surface area is 202 Å². The third-order valence-electron chi connectivity index (χ3n) is 6.84. The number of para-hydroxylation sites is 2. The lowest BCUT2D eigenvalue weighted by molar-refractivity contribution is 0.153. The number of nitrogens with zero attached hydrogens (tertiary/aromatic N) is 3. The van der Waals surface area contributed by atoms with E-state index in [0.29, 0.717) is 6.04 Å². The van der Waals surface area contributed by atoms with E-state index in [1.807, 2.05) is 12.3 Å². The normalized spacial score (nSPS) is 15.6. The van der Waals surface area contributed by atoms with Gasteiger partial charge in [-0.15, -0.1) is 0 Å². The lowest BCUT2D eigenvalue weighted by atomic mass is 9.90. The van der Waals surface area contributed by atoms with Gasteiger partial charge in [0.1, 0.15) is 5.82 Å². The molecule has 0 amide bonds. The standard InChI is InChI=1S/C29H35N5/c1-2-3-17-30-19-22-13-15-23(16-14-22)20-34(21-28-32-25-10-4-5-11-26(25)33-28)27-12-6-8-24-9-7-18-31-29(24)27/h4-5,7,9-11,13-16,18,27,30H,2-3,6,8,12,17,19-21H2,1H3,(H,32,33). The van der Waals surface area contributed by atoms with Gasteiger partial charge >= 0.3 is 0 Å². The van der Waals surface area contributed by atoms with E-state index in [0.717, 1.165) is 55.9 Å². The van der Waals surface area contributed by atoms with Gasteiger partial charge in [0.15, 0.2) is 0 Å². The largest absolute Gasteiger partial charge is 0.341 e. The van der Waals surface area contributed by atoms with Crippen molar-refractivity contribution in [1.29, 1.82) is 0 Å². The van der Waals surface area contributed by atoms with Gasteiger partial charge in [-0.25, -0.2) is 4.98 Å². The smallest absolute Gasteiger partial charge is 0.121 e. The highest BCUT2D eigenvalue weighted by Gasteiger charge is 2.28. The maximum Gasteiger partial charge on any atom is 0.121 e. The highest BCUT2D eigenvalue weighted by Crippen LogP contribution is 2.34. The molecule has 0 fully saturated rings. The fraction of sp³-hybridized carbons (Fsp3) is 0.379. The van der Waals surface area contributed by atoms with Crippen LogP contribution in [0.25, 0.3) is 11.0 Å². The number of aromatic amines is 1. The van der Waals surface area contributed by atoms with Crippen molar-refractivity contribution in [1.82, 2.24) is 25.2 Å². The molecule has 2 N–H and O–H groups in total. The van der Waals surface area contributed by atoms with E-state index >= 15 is 0 Å². The van der Waals surface area contributed by atoms with Gasteiger partial charge in [-0.05, 0) is 67.1 Å². The quantitative estimate of drug-likeness (QED) is 0.292. The molecule has 1 atom stereocenters. The van der Waals surface area contributed by atoms with E-state index in [4.69, 9.17) is 9.97 Å². The van der Waals surface area contributed by atoms with Crippen LogP contribution in [0.4, 0.5) is 0 Å². The third-order valence-corrected chi connectivity index (χ3v) is 6.84. The van der Waals surface area contributed by atoms with Crippen LogP contribution in [0.15, 0.2) is 66.9 Å². The third kappa shape index (κ3) is 5.37. The maximum absolute atomic E-state index is 4.88. The van der Waals surface area contributed by atoms with Gasteiger partial charge in [0.05, 0.1) is 29.3 Å². The van der Waals surface area contributed by atoms with Crippen LogP contribution in [0, 0.1) is 0 Å². The van der Waals surface area contributed by atoms with Gasteiger partial charge in [-0.1, -0.05) is 55.8 Å². The zero-order valence-corrected chi connectivity index (χ0v) is 20.1. The zero-order chi connectivity index (χ0) is 23.2. The molecule has 0 saturated carbocycles. The highest BCUT2D eigenvalue weighted by molar-refractivity contribution is 5.74. The molecule has 1 unspecified atom stereocenters. The van der Waals surface area contributed by atoms with Crippen LogP contribution in [0.2, 0.25) is 0 Å². The summed E-state index contributed by atoms with van der Waals surface area (Å²) >= 11 is 0. The van der Waals surface area contributed by atoms with E-state index in [1.165, 1.54) is 41.6 Å². The second-order valence-corrected chi connectivity index (χ2v) is 9.41. The van der Waals surface area contributed by atoms with Crippen LogP contribution in [-0.2, 0) is 26.1 Å². The number of imidazole rings is 1. The number of benzene rings is 2. The molecule has 176 valence electrons. The molecule has 5 heteroatoms. The van der Waals surface area contributed by atoms with E-state index in [1.54, 1.807) is 0 Å². The molecule has 0 saturated heterocycles. The van der Waals surface area contributed by atoms with Gasteiger partial charge in [0.2, 0.25) is 0 Å². The molecule has 4 aromatic rings. The minimum atomic E-state index is 0.300. The van der Waals surface area contributed by atoms with Crippen LogP contribution in [0.1, 0.15) is 66.9 Å². The monoisotopic (exact) mass is 453 g/mol. The Hall–Kier alpha value is -3.02. The molecule has 2 heterocycles. The molecular formula is C29H35N5. The Kier molecular flexibility index (Phi) is 7.32. The molecule has 1 aliphatic rings. The predicted octanol–water partition coefficient (Wildman–Crippen LogP) is 5.93. The average molecular weight is 454 g/mol.